The molecule has 0 fully saturated rings. The number of Topliss-reactive ketones (excluding diaryl/α,β-unsaturated/α-hetero) is 1. The molecule has 0 N–H and O–H groups in total. The van der Waals surface area contributed by atoms with Gasteiger partial charge in [-0.05, 0) is 108 Å². The van der Waals surface area contributed by atoms with E-state index >= 15 is 0 Å². The largest absolute Gasteiger partial charge is 0.289 e. The van der Waals surface area contributed by atoms with Crippen LogP contribution in [0.1, 0.15) is 28.4 Å². The number of carbonyl (C=O) groups excluding carboxylic acids is 1. The van der Waals surface area contributed by atoms with Crippen LogP contribution >= 0.6 is 0 Å². The average molecular weight is 499 g/mol. The maximum absolute atomic E-state index is 13.7. The smallest absolute Gasteiger partial charge is 0.193 e. The van der Waals surface area contributed by atoms with Gasteiger partial charge in [0.15, 0.2) is 5.78 Å². The van der Waals surface area contributed by atoms with Gasteiger partial charge in [0.05, 0.1) is 0 Å². The zero-order chi connectivity index (χ0) is 26.6. The van der Waals surface area contributed by atoms with Crippen molar-refractivity contribution in [3.05, 3.63) is 125 Å². The van der Waals surface area contributed by atoms with Crippen molar-refractivity contribution < 1.29 is 4.79 Å². The summed E-state index contributed by atoms with van der Waals surface area (Å²) in [5.41, 5.74) is 4.71. The molecule has 0 bridgehead atoms. The first-order valence-corrected chi connectivity index (χ1v) is 13.5. The molecule has 0 aromatic heterocycles. The van der Waals surface area contributed by atoms with Crippen LogP contribution in [0.15, 0.2) is 103 Å². The van der Waals surface area contributed by atoms with Gasteiger partial charge in [-0.1, -0.05) is 97.1 Å². The van der Waals surface area contributed by atoms with Crippen molar-refractivity contribution >= 4 is 77.0 Å². The topological polar surface area (TPSA) is 17.1 Å². The van der Waals surface area contributed by atoms with E-state index in [0.29, 0.717) is 5.57 Å². The molecule has 8 rings (SSSR count). The molecule has 0 aliphatic heterocycles. The fraction of sp³-hybridized carbons (Fsp3) is 0.0789. The number of hydrogen-bond donors (Lipinski definition) is 0. The Balaban J connectivity index is 1.60. The second-order valence-corrected chi connectivity index (χ2v) is 11.1. The van der Waals surface area contributed by atoms with Crippen molar-refractivity contribution in [2.75, 3.05) is 0 Å². The molecule has 0 radical (unpaired) electrons. The number of benzene rings is 7. The third-order valence-electron chi connectivity index (χ3n) is 8.76. The van der Waals surface area contributed by atoms with Crippen LogP contribution in [0.3, 0.4) is 0 Å². The summed E-state index contributed by atoms with van der Waals surface area (Å²) in [7, 11) is 0. The lowest BCUT2D eigenvalue weighted by molar-refractivity contribution is 0.104. The highest BCUT2D eigenvalue weighted by molar-refractivity contribution is 6.40. The lowest BCUT2D eigenvalue weighted by Crippen LogP contribution is -2.06. The quantitative estimate of drug-likeness (QED) is 0.116. The third-order valence-corrected chi connectivity index (χ3v) is 8.76. The van der Waals surface area contributed by atoms with Gasteiger partial charge in [0, 0.05) is 11.1 Å². The van der Waals surface area contributed by atoms with E-state index in [0.717, 1.165) is 28.2 Å². The van der Waals surface area contributed by atoms with Gasteiger partial charge in [-0.3, -0.25) is 4.79 Å². The zero-order valence-electron chi connectivity index (χ0n) is 22.1. The Hall–Kier alpha value is -4.75. The molecule has 0 amide bonds. The van der Waals surface area contributed by atoms with Gasteiger partial charge < -0.3 is 0 Å². The van der Waals surface area contributed by atoms with Crippen LogP contribution in [-0.4, -0.2) is 5.78 Å². The minimum atomic E-state index is -0.00570. The molecular weight excluding hydrogens is 472 g/mol. The van der Waals surface area contributed by atoms with Crippen LogP contribution < -0.4 is 5.22 Å². The Morgan fingerprint density at radius 1 is 0.615 bits per heavy atom. The SMILES string of the molecule is C=C1/C=C(C)\C=C/Cc2ccc3c4ccc5c6ccc(C)cc6c(=C)c6ccc(c7ccc(c2c73)C1=O)c4c65. The molecule has 1 heteroatoms. The zero-order valence-corrected chi connectivity index (χ0v) is 22.1. The second-order valence-electron chi connectivity index (χ2n) is 11.1. The standard InChI is InChI=1S/C38H26O/c1-20-6-5-7-24-9-11-28-31-15-14-27-26-10-8-21(2)19-33(26)23(4)25-12-13-30(37(31)35(25)27)29-16-17-32(34(24)36(28)29)38(39)22(3)18-20/h5-6,8-19H,3-4,7H2,1-2H3/b6-5-,20-18-. The molecule has 0 atom stereocenters. The Morgan fingerprint density at radius 3 is 1.92 bits per heavy atom. The van der Waals surface area contributed by atoms with Crippen molar-refractivity contribution in [2.45, 2.75) is 20.3 Å². The van der Waals surface area contributed by atoms with E-state index in [4.69, 9.17) is 0 Å². The summed E-state index contributed by atoms with van der Waals surface area (Å²) >= 11 is 0. The molecule has 0 saturated heterocycles. The highest BCUT2D eigenvalue weighted by Gasteiger charge is 2.22. The van der Waals surface area contributed by atoms with Crippen molar-refractivity contribution in [3.63, 3.8) is 0 Å². The molecule has 1 aliphatic rings. The predicted octanol–water partition coefficient (Wildman–Crippen LogP) is 9.28. The molecular formula is C38H26O. The van der Waals surface area contributed by atoms with Crippen molar-refractivity contribution in [2.24, 2.45) is 0 Å². The summed E-state index contributed by atoms with van der Waals surface area (Å²) in [4.78, 5) is 13.7. The van der Waals surface area contributed by atoms with Crippen LogP contribution in [0.4, 0.5) is 0 Å². The highest BCUT2D eigenvalue weighted by atomic mass is 16.1. The number of carbonyl (C=O) groups is 1. The van der Waals surface area contributed by atoms with Gasteiger partial charge in [-0.25, -0.2) is 0 Å². The van der Waals surface area contributed by atoms with E-state index in [1.807, 2.05) is 19.1 Å². The van der Waals surface area contributed by atoms with Gasteiger partial charge in [-0.15, -0.1) is 0 Å². The molecule has 0 unspecified atom stereocenters. The van der Waals surface area contributed by atoms with Gasteiger partial charge in [0.2, 0.25) is 0 Å². The molecule has 0 saturated carbocycles. The van der Waals surface area contributed by atoms with Gasteiger partial charge in [0.25, 0.3) is 0 Å². The van der Waals surface area contributed by atoms with Crippen LogP contribution in [0.25, 0.3) is 71.2 Å². The Kier molecular flexibility index (Phi) is 4.36. The Labute approximate surface area is 226 Å². The number of rotatable bonds is 0. The van der Waals surface area contributed by atoms with E-state index in [1.54, 1.807) is 0 Å². The van der Waals surface area contributed by atoms with E-state index in [1.165, 1.54) is 70.4 Å². The maximum Gasteiger partial charge on any atom is 0.193 e. The summed E-state index contributed by atoms with van der Waals surface area (Å²) in [6.45, 7) is 12.8. The van der Waals surface area contributed by atoms with Crippen LogP contribution in [0.5, 0.6) is 0 Å². The lowest BCUT2D eigenvalue weighted by Gasteiger charge is -2.20. The minimum Gasteiger partial charge on any atom is -0.289 e. The summed E-state index contributed by atoms with van der Waals surface area (Å²) < 4.78 is 0. The van der Waals surface area contributed by atoms with E-state index in [2.05, 4.69) is 92.9 Å². The average Bonchev–Trinajstić information content (AvgIpc) is 2.94. The second kappa shape index (κ2) is 7.65. The molecule has 184 valence electrons. The Bertz CT molecular complexity index is 2340. The summed E-state index contributed by atoms with van der Waals surface area (Å²) in [6.07, 6.45) is 6.94. The van der Waals surface area contributed by atoms with Gasteiger partial charge in [-0.2, -0.15) is 0 Å². The molecule has 7 aromatic carbocycles. The summed E-state index contributed by atoms with van der Waals surface area (Å²) in [6, 6.07) is 24.4. The predicted molar refractivity (Wildman–Crippen MR) is 168 cm³/mol. The molecule has 0 spiro atoms. The summed E-state index contributed by atoms with van der Waals surface area (Å²) in [5.74, 6) is -0.00570. The minimum absolute atomic E-state index is 0.00570. The molecule has 1 aliphatic carbocycles. The molecule has 1 nitrogen and oxygen atoms in total. The fourth-order valence-electron chi connectivity index (χ4n) is 7.02. The van der Waals surface area contributed by atoms with Gasteiger partial charge in [0.1, 0.15) is 0 Å². The first kappa shape index (κ1) is 22.3. The monoisotopic (exact) mass is 498 g/mol. The number of fused-ring (bicyclic) bond motifs is 4. The van der Waals surface area contributed by atoms with E-state index in [-0.39, 0.29) is 5.78 Å². The number of aryl methyl sites for hydroxylation is 1. The van der Waals surface area contributed by atoms with Crippen LogP contribution in [0.2, 0.25) is 0 Å². The van der Waals surface area contributed by atoms with Crippen molar-refractivity contribution in [1.29, 1.82) is 0 Å². The molecule has 7 aromatic rings. The number of hydrogen-bond acceptors (Lipinski definition) is 1. The number of allylic oxidation sites excluding steroid dienone is 5. The van der Waals surface area contributed by atoms with Gasteiger partial charge >= 0.3 is 0 Å². The normalized spacial score (nSPS) is 16.7. The third kappa shape index (κ3) is 2.88. The van der Waals surface area contributed by atoms with Crippen LogP contribution in [0, 0.1) is 6.92 Å². The first-order valence-electron chi connectivity index (χ1n) is 13.5. The summed E-state index contributed by atoms with van der Waals surface area (Å²) in [5, 5.41) is 15.6. The number of ketones is 1. The molecule has 39 heavy (non-hydrogen) atoms. The first-order chi connectivity index (χ1) is 18.9. The van der Waals surface area contributed by atoms with E-state index in [9.17, 15) is 4.79 Å². The Morgan fingerprint density at radius 2 is 1.18 bits per heavy atom. The lowest BCUT2D eigenvalue weighted by atomic mass is 9.82. The highest BCUT2D eigenvalue weighted by Crippen LogP contribution is 2.45. The fourth-order valence-corrected chi connectivity index (χ4v) is 7.02. The maximum atomic E-state index is 13.7. The van der Waals surface area contributed by atoms with E-state index < -0.39 is 0 Å². The van der Waals surface area contributed by atoms with Crippen LogP contribution in [-0.2, 0) is 6.42 Å². The molecule has 0 heterocycles. The van der Waals surface area contributed by atoms with Crippen molar-refractivity contribution in [1.82, 2.24) is 0 Å². The van der Waals surface area contributed by atoms with Crippen molar-refractivity contribution in [3.8, 4) is 0 Å².